The third-order valence-corrected chi connectivity index (χ3v) is 3.44. The first kappa shape index (κ1) is 12.3. The fourth-order valence-corrected chi connectivity index (χ4v) is 2.49. The molecule has 2 N–H and O–H groups in total. The smallest absolute Gasteiger partial charge is 0.255 e. The number of para-hydroxylation sites is 1. The van der Waals surface area contributed by atoms with Crippen LogP contribution in [0.2, 0.25) is 0 Å². The van der Waals surface area contributed by atoms with E-state index in [0.29, 0.717) is 30.3 Å². The van der Waals surface area contributed by atoms with Gasteiger partial charge in [0.15, 0.2) is 11.5 Å². The zero-order valence-corrected chi connectivity index (χ0v) is 10.8. The van der Waals surface area contributed by atoms with Crippen molar-refractivity contribution in [3.63, 3.8) is 0 Å². The Kier molecular flexibility index (Phi) is 3.55. The summed E-state index contributed by atoms with van der Waals surface area (Å²) < 4.78 is 11.1. The molecule has 0 radical (unpaired) electrons. The molecule has 0 unspecified atom stereocenters. The molecule has 5 heteroatoms. The summed E-state index contributed by atoms with van der Waals surface area (Å²) in [6, 6.07) is 5.62. The Labute approximate surface area is 112 Å². The van der Waals surface area contributed by atoms with Gasteiger partial charge in [0, 0.05) is 12.6 Å². The van der Waals surface area contributed by atoms with Crippen LogP contribution >= 0.6 is 0 Å². The highest BCUT2D eigenvalue weighted by molar-refractivity contribution is 5.98. The number of piperidine rings is 1. The molecule has 0 aliphatic carbocycles. The monoisotopic (exact) mass is 262 g/mol. The lowest BCUT2D eigenvalue weighted by Crippen LogP contribution is -2.45. The normalized spacial score (nSPS) is 21.8. The van der Waals surface area contributed by atoms with E-state index in [4.69, 9.17) is 9.47 Å². The number of nitrogens with one attached hydrogen (secondary N) is 2. The maximum Gasteiger partial charge on any atom is 0.255 e. The summed E-state index contributed by atoms with van der Waals surface area (Å²) >= 11 is 0. The largest absolute Gasteiger partial charge is 0.486 e. The van der Waals surface area contributed by atoms with E-state index < -0.39 is 0 Å². The van der Waals surface area contributed by atoms with Gasteiger partial charge in [0.2, 0.25) is 0 Å². The van der Waals surface area contributed by atoms with Gasteiger partial charge >= 0.3 is 0 Å². The molecule has 1 aromatic carbocycles. The summed E-state index contributed by atoms with van der Waals surface area (Å²) in [7, 11) is 0. The van der Waals surface area contributed by atoms with Gasteiger partial charge < -0.3 is 20.1 Å². The van der Waals surface area contributed by atoms with Crippen molar-refractivity contribution >= 4 is 5.91 Å². The molecule has 0 saturated carbocycles. The molecule has 5 nitrogen and oxygen atoms in total. The van der Waals surface area contributed by atoms with Crippen molar-refractivity contribution < 1.29 is 14.3 Å². The van der Waals surface area contributed by atoms with E-state index in [1.54, 1.807) is 6.07 Å². The quantitative estimate of drug-likeness (QED) is 0.833. The number of amides is 1. The lowest BCUT2D eigenvalue weighted by molar-refractivity contribution is 0.0919. The van der Waals surface area contributed by atoms with E-state index in [9.17, 15) is 4.79 Å². The van der Waals surface area contributed by atoms with Crippen LogP contribution in [0.25, 0.3) is 0 Å². The van der Waals surface area contributed by atoms with E-state index in [1.807, 2.05) is 12.1 Å². The standard InChI is InChI=1S/C14H18N2O3/c17-14(16-10-3-2-6-15-9-10)11-4-1-5-12-13(11)19-8-7-18-12/h1,4-5,10,15H,2-3,6-9H2,(H,16,17)/t10-/m1/s1. The highest BCUT2D eigenvalue weighted by atomic mass is 16.6. The molecule has 1 aromatic rings. The number of ether oxygens (including phenoxy) is 2. The fraction of sp³-hybridized carbons (Fsp3) is 0.500. The average molecular weight is 262 g/mol. The Morgan fingerprint density at radius 2 is 2.21 bits per heavy atom. The second-order valence-corrected chi connectivity index (χ2v) is 4.85. The minimum absolute atomic E-state index is 0.0870. The molecular weight excluding hydrogens is 244 g/mol. The van der Waals surface area contributed by atoms with Crippen molar-refractivity contribution in [1.29, 1.82) is 0 Å². The van der Waals surface area contributed by atoms with Gasteiger partial charge in [-0.15, -0.1) is 0 Å². The second kappa shape index (κ2) is 5.48. The van der Waals surface area contributed by atoms with E-state index in [-0.39, 0.29) is 11.9 Å². The molecule has 2 aliphatic heterocycles. The molecule has 3 rings (SSSR count). The summed E-state index contributed by atoms with van der Waals surface area (Å²) in [6.45, 7) is 2.88. The van der Waals surface area contributed by atoms with E-state index in [0.717, 1.165) is 25.9 Å². The Morgan fingerprint density at radius 1 is 1.32 bits per heavy atom. The van der Waals surface area contributed by atoms with Gasteiger partial charge in [0.05, 0.1) is 5.56 Å². The summed E-state index contributed by atoms with van der Waals surface area (Å²) in [6.07, 6.45) is 2.11. The Bertz CT molecular complexity index is 470. The number of carbonyl (C=O) groups excluding carboxylic acids is 1. The van der Waals surface area contributed by atoms with Crippen molar-refractivity contribution in [1.82, 2.24) is 10.6 Å². The van der Waals surface area contributed by atoms with Gasteiger partial charge in [-0.2, -0.15) is 0 Å². The Morgan fingerprint density at radius 3 is 3.05 bits per heavy atom. The van der Waals surface area contributed by atoms with Gasteiger partial charge in [-0.25, -0.2) is 0 Å². The third kappa shape index (κ3) is 2.66. The van der Waals surface area contributed by atoms with E-state index in [1.165, 1.54) is 0 Å². The van der Waals surface area contributed by atoms with Gasteiger partial charge in [-0.1, -0.05) is 6.07 Å². The van der Waals surface area contributed by atoms with Gasteiger partial charge in [0.25, 0.3) is 5.91 Å². The van der Waals surface area contributed by atoms with Crippen molar-refractivity contribution in [2.45, 2.75) is 18.9 Å². The molecule has 0 bridgehead atoms. The predicted octanol–water partition coefficient (Wildman–Crippen LogP) is 0.940. The maximum atomic E-state index is 12.3. The molecule has 19 heavy (non-hydrogen) atoms. The van der Waals surface area contributed by atoms with Crippen LogP contribution in [-0.4, -0.2) is 38.3 Å². The SMILES string of the molecule is O=C(N[C@@H]1CCCNC1)c1cccc2c1OCCO2. The molecule has 0 aromatic heterocycles. The summed E-state index contributed by atoms with van der Waals surface area (Å²) in [5, 5.41) is 6.33. The topological polar surface area (TPSA) is 59.6 Å². The molecule has 102 valence electrons. The first-order valence-corrected chi connectivity index (χ1v) is 6.75. The van der Waals surface area contributed by atoms with Crippen molar-refractivity contribution in [2.24, 2.45) is 0 Å². The molecule has 0 spiro atoms. The first-order valence-electron chi connectivity index (χ1n) is 6.75. The van der Waals surface area contributed by atoms with Gasteiger partial charge in [0.1, 0.15) is 13.2 Å². The molecular formula is C14H18N2O3. The molecule has 1 fully saturated rings. The first-order chi connectivity index (χ1) is 9.34. The van der Waals surface area contributed by atoms with Crippen LogP contribution in [-0.2, 0) is 0 Å². The number of hydrogen-bond donors (Lipinski definition) is 2. The molecule has 1 saturated heterocycles. The maximum absolute atomic E-state index is 12.3. The highest BCUT2D eigenvalue weighted by Gasteiger charge is 2.22. The fourth-order valence-electron chi connectivity index (χ4n) is 2.49. The van der Waals surface area contributed by atoms with Crippen LogP contribution < -0.4 is 20.1 Å². The lowest BCUT2D eigenvalue weighted by Gasteiger charge is -2.25. The van der Waals surface area contributed by atoms with Crippen LogP contribution in [0.4, 0.5) is 0 Å². The molecule has 2 aliphatic rings. The van der Waals surface area contributed by atoms with Crippen molar-refractivity contribution in [3.8, 4) is 11.5 Å². The second-order valence-electron chi connectivity index (χ2n) is 4.85. The van der Waals surface area contributed by atoms with Gasteiger partial charge in [-0.3, -0.25) is 4.79 Å². The Hall–Kier alpha value is -1.75. The zero-order chi connectivity index (χ0) is 13.1. The average Bonchev–Trinajstić information content (AvgIpc) is 2.47. The van der Waals surface area contributed by atoms with Gasteiger partial charge in [-0.05, 0) is 31.5 Å². The number of benzene rings is 1. The van der Waals surface area contributed by atoms with Crippen LogP contribution in [0.3, 0.4) is 0 Å². The number of rotatable bonds is 2. The Balaban J connectivity index is 1.75. The third-order valence-electron chi connectivity index (χ3n) is 3.44. The van der Waals surface area contributed by atoms with Crippen LogP contribution in [0.1, 0.15) is 23.2 Å². The molecule has 1 atom stereocenters. The zero-order valence-electron chi connectivity index (χ0n) is 10.8. The van der Waals surface area contributed by atoms with E-state index >= 15 is 0 Å². The number of fused-ring (bicyclic) bond motifs is 1. The van der Waals surface area contributed by atoms with E-state index in [2.05, 4.69) is 10.6 Å². The summed E-state index contributed by atoms with van der Waals surface area (Å²) in [4.78, 5) is 12.3. The van der Waals surface area contributed by atoms with Crippen molar-refractivity contribution in [2.75, 3.05) is 26.3 Å². The van der Waals surface area contributed by atoms with Crippen LogP contribution in [0, 0.1) is 0 Å². The van der Waals surface area contributed by atoms with Crippen LogP contribution in [0.15, 0.2) is 18.2 Å². The minimum atomic E-state index is -0.0870. The lowest BCUT2D eigenvalue weighted by atomic mass is 10.1. The molecule has 1 amide bonds. The summed E-state index contributed by atoms with van der Waals surface area (Å²) in [5.74, 6) is 1.13. The van der Waals surface area contributed by atoms with Crippen LogP contribution in [0.5, 0.6) is 11.5 Å². The minimum Gasteiger partial charge on any atom is -0.486 e. The predicted molar refractivity (Wildman–Crippen MR) is 70.8 cm³/mol. The molecule has 2 heterocycles. The number of hydrogen-bond acceptors (Lipinski definition) is 4. The summed E-state index contributed by atoms with van der Waals surface area (Å²) in [5.41, 5.74) is 0.558. The number of carbonyl (C=O) groups is 1. The highest BCUT2D eigenvalue weighted by Crippen LogP contribution is 2.33. The van der Waals surface area contributed by atoms with Crippen molar-refractivity contribution in [3.05, 3.63) is 23.8 Å².